The van der Waals surface area contributed by atoms with E-state index in [4.69, 9.17) is 4.99 Å². The van der Waals surface area contributed by atoms with Crippen molar-refractivity contribution in [2.24, 2.45) is 10.4 Å². The number of rotatable bonds is 4. The highest BCUT2D eigenvalue weighted by Crippen LogP contribution is 2.47. The molecule has 1 aliphatic carbocycles. The summed E-state index contributed by atoms with van der Waals surface area (Å²) in [5, 5.41) is 3.46. The number of likely N-dealkylation sites (tertiary alicyclic amines) is 1. The van der Waals surface area contributed by atoms with E-state index in [0.717, 1.165) is 25.5 Å². The zero-order valence-corrected chi connectivity index (χ0v) is 13.0. The van der Waals surface area contributed by atoms with Gasteiger partial charge in [-0.15, -0.1) is 0 Å². The number of aliphatic imine (C=N–C) groups is 1. The van der Waals surface area contributed by atoms with Gasteiger partial charge in [0.1, 0.15) is 0 Å². The summed E-state index contributed by atoms with van der Waals surface area (Å²) in [4.78, 5) is 11.4. The maximum absolute atomic E-state index is 4.82. The lowest BCUT2D eigenvalue weighted by atomic mass is 9.68. The highest BCUT2D eigenvalue weighted by atomic mass is 15.3. The van der Waals surface area contributed by atoms with Crippen molar-refractivity contribution in [2.45, 2.75) is 39.0 Å². The average Bonchev–Trinajstić information content (AvgIpc) is 2.93. The summed E-state index contributed by atoms with van der Waals surface area (Å²) < 4.78 is 0. The van der Waals surface area contributed by atoms with E-state index in [0.29, 0.717) is 5.41 Å². The van der Waals surface area contributed by atoms with Crippen molar-refractivity contribution in [3.63, 3.8) is 0 Å². The molecule has 1 aromatic heterocycles. The van der Waals surface area contributed by atoms with Gasteiger partial charge in [-0.1, -0.05) is 12.5 Å². The van der Waals surface area contributed by atoms with E-state index in [1.54, 1.807) is 0 Å². The zero-order valence-electron chi connectivity index (χ0n) is 13.0. The Kier molecular flexibility index (Phi) is 4.42. The molecule has 0 radical (unpaired) electrons. The van der Waals surface area contributed by atoms with Crippen LogP contribution in [0, 0.1) is 5.41 Å². The highest BCUT2D eigenvalue weighted by Gasteiger charge is 2.43. The van der Waals surface area contributed by atoms with Crippen molar-refractivity contribution in [3.8, 4) is 0 Å². The summed E-state index contributed by atoms with van der Waals surface area (Å²) in [7, 11) is 0. The zero-order chi connectivity index (χ0) is 14.5. The summed E-state index contributed by atoms with van der Waals surface area (Å²) in [6.45, 7) is 6.28. The molecule has 1 N–H and O–H groups in total. The van der Waals surface area contributed by atoms with E-state index in [-0.39, 0.29) is 0 Å². The summed E-state index contributed by atoms with van der Waals surface area (Å²) in [6.07, 6.45) is 10.3. The van der Waals surface area contributed by atoms with Gasteiger partial charge in [-0.25, -0.2) is 0 Å². The Labute approximate surface area is 127 Å². The fourth-order valence-electron chi connectivity index (χ4n) is 3.46. The molecule has 4 nitrogen and oxygen atoms in total. The van der Waals surface area contributed by atoms with Crippen LogP contribution in [0.15, 0.2) is 29.5 Å². The number of hydrogen-bond donors (Lipinski definition) is 1. The second-order valence-electron chi connectivity index (χ2n) is 6.37. The third-order valence-corrected chi connectivity index (χ3v) is 4.87. The Hall–Kier alpha value is -1.58. The van der Waals surface area contributed by atoms with Crippen LogP contribution in [-0.2, 0) is 6.42 Å². The quantitative estimate of drug-likeness (QED) is 0.683. The van der Waals surface area contributed by atoms with Crippen LogP contribution in [0.3, 0.4) is 0 Å². The topological polar surface area (TPSA) is 40.5 Å². The molecule has 1 saturated carbocycles. The van der Waals surface area contributed by atoms with Gasteiger partial charge in [0.05, 0.1) is 0 Å². The van der Waals surface area contributed by atoms with Crippen LogP contribution in [-0.4, -0.2) is 42.0 Å². The van der Waals surface area contributed by atoms with Crippen molar-refractivity contribution in [2.75, 3.05) is 26.2 Å². The molecule has 0 bridgehead atoms. The Morgan fingerprint density at radius 2 is 2.33 bits per heavy atom. The van der Waals surface area contributed by atoms with Crippen LogP contribution in [0.4, 0.5) is 0 Å². The first-order chi connectivity index (χ1) is 10.3. The SMILES string of the molecule is CCNC(=NCCc1cccnc1)N1CCC2(CCC2)C1. The fourth-order valence-corrected chi connectivity index (χ4v) is 3.46. The third-order valence-electron chi connectivity index (χ3n) is 4.87. The molecule has 0 atom stereocenters. The minimum Gasteiger partial charge on any atom is -0.357 e. The fraction of sp³-hybridized carbons (Fsp3) is 0.647. The Bertz CT molecular complexity index is 479. The predicted octanol–water partition coefficient (Wildman–Crippen LogP) is 2.47. The van der Waals surface area contributed by atoms with Crippen LogP contribution in [0.2, 0.25) is 0 Å². The second-order valence-corrected chi connectivity index (χ2v) is 6.37. The molecule has 114 valence electrons. The van der Waals surface area contributed by atoms with Crippen molar-refractivity contribution >= 4 is 5.96 Å². The summed E-state index contributed by atoms with van der Waals surface area (Å²) in [5.74, 6) is 1.10. The van der Waals surface area contributed by atoms with E-state index >= 15 is 0 Å². The van der Waals surface area contributed by atoms with Crippen LogP contribution >= 0.6 is 0 Å². The summed E-state index contributed by atoms with van der Waals surface area (Å²) in [6, 6.07) is 4.11. The first kappa shape index (κ1) is 14.4. The number of aromatic nitrogens is 1. The lowest BCUT2D eigenvalue weighted by molar-refractivity contribution is 0.151. The number of nitrogens with zero attached hydrogens (tertiary/aromatic N) is 3. The normalized spacial score (nSPS) is 20.6. The number of pyridine rings is 1. The Morgan fingerprint density at radius 3 is 2.95 bits per heavy atom. The van der Waals surface area contributed by atoms with Crippen molar-refractivity contribution in [1.29, 1.82) is 0 Å². The number of guanidine groups is 1. The summed E-state index contributed by atoms with van der Waals surface area (Å²) in [5.41, 5.74) is 1.88. The molecule has 2 aliphatic rings. The minimum absolute atomic E-state index is 0.625. The van der Waals surface area contributed by atoms with Gasteiger partial charge >= 0.3 is 0 Å². The van der Waals surface area contributed by atoms with E-state index in [9.17, 15) is 0 Å². The number of nitrogens with one attached hydrogen (secondary N) is 1. The molecule has 0 unspecified atom stereocenters. The average molecular weight is 286 g/mol. The molecule has 4 heteroatoms. The van der Waals surface area contributed by atoms with Gasteiger partial charge < -0.3 is 10.2 Å². The molecule has 3 rings (SSSR count). The van der Waals surface area contributed by atoms with Crippen molar-refractivity contribution in [1.82, 2.24) is 15.2 Å². The van der Waals surface area contributed by atoms with Crippen molar-refractivity contribution < 1.29 is 0 Å². The van der Waals surface area contributed by atoms with Gasteiger partial charge in [-0.05, 0) is 49.7 Å². The third kappa shape index (κ3) is 3.36. The predicted molar refractivity (Wildman–Crippen MR) is 86.4 cm³/mol. The van der Waals surface area contributed by atoms with E-state index in [1.807, 2.05) is 18.5 Å². The van der Waals surface area contributed by atoms with Gasteiger partial charge in [0.15, 0.2) is 5.96 Å². The lowest BCUT2D eigenvalue weighted by Crippen LogP contribution is -2.42. The van der Waals surface area contributed by atoms with Crippen molar-refractivity contribution in [3.05, 3.63) is 30.1 Å². The molecule has 2 heterocycles. The minimum atomic E-state index is 0.625. The molecule has 1 saturated heterocycles. The maximum atomic E-state index is 4.82. The largest absolute Gasteiger partial charge is 0.357 e. The van der Waals surface area contributed by atoms with Gasteiger partial charge in [-0.3, -0.25) is 9.98 Å². The lowest BCUT2D eigenvalue weighted by Gasteiger charge is -2.38. The Morgan fingerprint density at radius 1 is 1.43 bits per heavy atom. The van der Waals surface area contributed by atoms with E-state index < -0.39 is 0 Å². The van der Waals surface area contributed by atoms with Gasteiger partial charge in [0, 0.05) is 38.6 Å². The second kappa shape index (κ2) is 6.46. The molecular weight excluding hydrogens is 260 g/mol. The molecule has 0 amide bonds. The number of hydrogen-bond acceptors (Lipinski definition) is 2. The van der Waals surface area contributed by atoms with Crippen LogP contribution in [0.5, 0.6) is 0 Å². The first-order valence-electron chi connectivity index (χ1n) is 8.23. The van der Waals surface area contributed by atoms with Crippen LogP contribution in [0.1, 0.15) is 38.2 Å². The van der Waals surface area contributed by atoms with E-state index in [1.165, 1.54) is 44.3 Å². The van der Waals surface area contributed by atoms with Gasteiger partial charge in [-0.2, -0.15) is 0 Å². The van der Waals surface area contributed by atoms with Gasteiger partial charge in [0.25, 0.3) is 0 Å². The molecular formula is C17H26N4. The molecule has 0 aromatic carbocycles. The first-order valence-corrected chi connectivity index (χ1v) is 8.23. The Balaban J connectivity index is 1.57. The molecule has 1 aromatic rings. The maximum Gasteiger partial charge on any atom is 0.193 e. The molecule has 1 aliphatic heterocycles. The monoisotopic (exact) mass is 286 g/mol. The smallest absolute Gasteiger partial charge is 0.193 e. The van der Waals surface area contributed by atoms with Gasteiger partial charge in [0.2, 0.25) is 0 Å². The van der Waals surface area contributed by atoms with Crippen LogP contribution < -0.4 is 5.32 Å². The molecule has 21 heavy (non-hydrogen) atoms. The standard InChI is InChI=1S/C17H26N4/c1-2-19-16(20-11-6-15-5-3-10-18-13-15)21-12-9-17(14-21)7-4-8-17/h3,5,10,13H,2,4,6-9,11-12,14H2,1H3,(H,19,20). The molecule has 1 spiro atoms. The van der Waals surface area contributed by atoms with Crippen LogP contribution in [0.25, 0.3) is 0 Å². The van der Waals surface area contributed by atoms with E-state index in [2.05, 4.69) is 28.2 Å². The molecule has 2 fully saturated rings. The summed E-state index contributed by atoms with van der Waals surface area (Å²) >= 11 is 0. The highest BCUT2D eigenvalue weighted by molar-refractivity contribution is 5.80.